The summed E-state index contributed by atoms with van der Waals surface area (Å²) in [6.45, 7) is 9.31. The first-order valence-electron chi connectivity index (χ1n) is 8.21. The van der Waals surface area contributed by atoms with Gasteiger partial charge in [0.15, 0.2) is 6.10 Å². The first-order chi connectivity index (χ1) is 10.6. The second-order valence-electron chi connectivity index (χ2n) is 6.46. The number of fused-ring (bicyclic) bond motifs is 1. The van der Waals surface area contributed by atoms with E-state index in [0.29, 0.717) is 12.3 Å². The molecular formula is C18H25NO3. The van der Waals surface area contributed by atoms with Crippen molar-refractivity contribution in [3.63, 3.8) is 0 Å². The minimum absolute atomic E-state index is 0.112. The van der Waals surface area contributed by atoms with Crippen LogP contribution in [0.25, 0.3) is 0 Å². The van der Waals surface area contributed by atoms with Gasteiger partial charge in [-0.1, -0.05) is 6.07 Å². The van der Waals surface area contributed by atoms with Crippen LogP contribution in [0.15, 0.2) is 12.1 Å². The normalized spacial score (nSPS) is 23.2. The zero-order valence-corrected chi connectivity index (χ0v) is 13.7. The van der Waals surface area contributed by atoms with Gasteiger partial charge in [-0.15, -0.1) is 0 Å². The Kier molecular flexibility index (Phi) is 4.39. The molecule has 1 aromatic carbocycles. The molecule has 1 saturated heterocycles. The van der Waals surface area contributed by atoms with Gasteiger partial charge < -0.3 is 14.4 Å². The molecule has 1 aromatic rings. The minimum Gasteiger partial charge on any atom is -0.480 e. The Bertz CT molecular complexity index is 533. The van der Waals surface area contributed by atoms with Crippen molar-refractivity contribution >= 4 is 5.91 Å². The summed E-state index contributed by atoms with van der Waals surface area (Å²) in [6, 6.07) is 4.21. The summed E-state index contributed by atoms with van der Waals surface area (Å²) < 4.78 is 11.3. The van der Waals surface area contributed by atoms with Crippen molar-refractivity contribution < 1.29 is 14.3 Å². The fraction of sp³-hybridized carbons (Fsp3) is 0.611. The molecule has 2 atom stereocenters. The molecule has 22 heavy (non-hydrogen) atoms. The molecule has 4 nitrogen and oxygen atoms in total. The summed E-state index contributed by atoms with van der Waals surface area (Å²) >= 11 is 0. The summed E-state index contributed by atoms with van der Waals surface area (Å²) in [5.74, 6) is 1.46. The van der Waals surface area contributed by atoms with Crippen LogP contribution in [0.3, 0.4) is 0 Å². The lowest BCUT2D eigenvalue weighted by atomic mass is 10.0. The van der Waals surface area contributed by atoms with Crippen LogP contribution in [-0.4, -0.2) is 43.2 Å². The van der Waals surface area contributed by atoms with Crippen molar-refractivity contribution in [3.8, 4) is 5.75 Å². The predicted molar refractivity (Wildman–Crippen MR) is 85.2 cm³/mol. The van der Waals surface area contributed by atoms with Gasteiger partial charge in [0, 0.05) is 32.0 Å². The van der Waals surface area contributed by atoms with Gasteiger partial charge >= 0.3 is 0 Å². The zero-order valence-electron chi connectivity index (χ0n) is 13.7. The van der Waals surface area contributed by atoms with E-state index in [1.807, 2.05) is 11.8 Å². The maximum Gasteiger partial charge on any atom is 0.263 e. The van der Waals surface area contributed by atoms with Crippen LogP contribution >= 0.6 is 0 Å². The van der Waals surface area contributed by atoms with E-state index in [4.69, 9.17) is 9.47 Å². The number of carbonyl (C=O) groups is 1. The number of likely N-dealkylation sites (N-methyl/N-ethyl adjacent to an activating group) is 1. The van der Waals surface area contributed by atoms with E-state index < -0.39 is 0 Å². The summed E-state index contributed by atoms with van der Waals surface area (Å²) in [7, 11) is 0. The largest absolute Gasteiger partial charge is 0.480 e. The standard InChI is InChI=1S/C18H25NO3/c1-4-19(10-14-5-6-21-11-14)18(20)17-9-15-7-12(2)13(3)8-16(15)22-17/h7-8,14,17H,4-6,9-11H2,1-3H3/t14-,17+/m0/s1. The second kappa shape index (κ2) is 6.29. The Balaban J connectivity index is 1.67. The first kappa shape index (κ1) is 15.3. The SMILES string of the molecule is CCN(C[C@@H]1CCOC1)C(=O)[C@H]1Cc2cc(C)c(C)cc2O1. The van der Waals surface area contributed by atoms with Crippen LogP contribution in [-0.2, 0) is 16.0 Å². The van der Waals surface area contributed by atoms with Gasteiger partial charge in [0.25, 0.3) is 5.91 Å². The molecule has 1 fully saturated rings. The van der Waals surface area contributed by atoms with Crippen molar-refractivity contribution in [2.45, 2.75) is 39.7 Å². The van der Waals surface area contributed by atoms with E-state index in [0.717, 1.165) is 44.0 Å². The molecular weight excluding hydrogens is 278 g/mol. The fourth-order valence-electron chi connectivity index (χ4n) is 3.27. The smallest absolute Gasteiger partial charge is 0.263 e. The third-order valence-electron chi connectivity index (χ3n) is 4.82. The molecule has 0 N–H and O–H groups in total. The topological polar surface area (TPSA) is 38.8 Å². The molecule has 0 aliphatic carbocycles. The van der Waals surface area contributed by atoms with Gasteiger partial charge in [0.05, 0.1) is 6.61 Å². The highest BCUT2D eigenvalue weighted by molar-refractivity contribution is 5.82. The van der Waals surface area contributed by atoms with Crippen molar-refractivity contribution in [3.05, 3.63) is 28.8 Å². The summed E-state index contributed by atoms with van der Waals surface area (Å²) in [4.78, 5) is 14.7. The molecule has 2 heterocycles. The maximum atomic E-state index is 12.8. The second-order valence-corrected chi connectivity index (χ2v) is 6.46. The molecule has 0 bridgehead atoms. The number of carbonyl (C=O) groups excluding carboxylic acids is 1. The Morgan fingerprint density at radius 3 is 2.77 bits per heavy atom. The molecule has 1 amide bonds. The monoisotopic (exact) mass is 303 g/mol. The van der Waals surface area contributed by atoms with E-state index in [2.05, 4.69) is 26.0 Å². The average molecular weight is 303 g/mol. The van der Waals surface area contributed by atoms with Crippen molar-refractivity contribution in [1.82, 2.24) is 4.90 Å². The van der Waals surface area contributed by atoms with Crippen molar-refractivity contribution in [2.75, 3.05) is 26.3 Å². The molecule has 4 heteroatoms. The molecule has 0 spiro atoms. The number of nitrogens with zero attached hydrogens (tertiary/aromatic N) is 1. The third kappa shape index (κ3) is 2.98. The van der Waals surface area contributed by atoms with Gasteiger partial charge in [0.1, 0.15) is 5.75 Å². The molecule has 3 rings (SSSR count). The summed E-state index contributed by atoms with van der Waals surface area (Å²) in [6.07, 6.45) is 1.37. The Labute approximate surface area is 132 Å². The number of aryl methyl sites for hydroxylation is 2. The zero-order chi connectivity index (χ0) is 15.7. The number of hydrogen-bond acceptors (Lipinski definition) is 3. The highest BCUT2D eigenvalue weighted by Crippen LogP contribution is 2.32. The van der Waals surface area contributed by atoms with Gasteiger partial charge in [0.2, 0.25) is 0 Å². The Morgan fingerprint density at radius 2 is 2.09 bits per heavy atom. The van der Waals surface area contributed by atoms with Crippen LogP contribution in [0.1, 0.15) is 30.0 Å². The molecule has 2 aliphatic rings. The lowest BCUT2D eigenvalue weighted by Gasteiger charge is -2.26. The number of ether oxygens (including phenoxy) is 2. The van der Waals surface area contributed by atoms with Gasteiger partial charge in [-0.3, -0.25) is 4.79 Å². The Morgan fingerprint density at radius 1 is 1.32 bits per heavy atom. The summed E-state index contributed by atoms with van der Waals surface area (Å²) in [5, 5.41) is 0. The van der Waals surface area contributed by atoms with Crippen molar-refractivity contribution in [1.29, 1.82) is 0 Å². The molecule has 0 unspecified atom stereocenters. The van der Waals surface area contributed by atoms with Crippen LogP contribution in [0.2, 0.25) is 0 Å². The predicted octanol–water partition coefficient (Wildman–Crippen LogP) is 2.49. The fourth-order valence-corrected chi connectivity index (χ4v) is 3.27. The van der Waals surface area contributed by atoms with E-state index in [-0.39, 0.29) is 12.0 Å². The van der Waals surface area contributed by atoms with Gasteiger partial charge in [-0.2, -0.15) is 0 Å². The number of rotatable bonds is 4. The third-order valence-corrected chi connectivity index (χ3v) is 4.82. The minimum atomic E-state index is -0.363. The quantitative estimate of drug-likeness (QED) is 0.858. The number of benzene rings is 1. The average Bonchev–Trinajstić information content (AvgIpc) is 3.14. The maximum absolute atomic E-state index is 12.8. The molecule has 2 aliphatic heterocycles. The molecule has 0 saturated carbocycles. The van der Waals surface area contributed by atoms with E-state index in [9.17, 15) is 4.79 Å². The Hall–Kier alpha value is -1.55. The number of amides is 1. The van der Waals surface area contributed by atoms with E-state index in [1.54, 1.807) is 0 Å². The molecule has 0 aromatic heterocycles. The van der Waals surface area contributed by atoms with Gasteiger partial charge in [-0.25, -0.2) is 0 Å². The van der Waals surface area contributed by atoms with Crippen LogP contribution in [0.5, 0.6) is 5.75 Å². The first-order valence-corrected chi connectivity index (χ1v) is 8.21. The molecule has 120 valence electrons. The summed E-state index contributed by atoms with van der Waals surface area (Å²) in [5.41, 5.74) is 3.62. The highest BCUT2D eigenvalue weighted by Gasteiger charge is 2.33. The van der Waals surface area contributed by atoms with Crippen LogP contribution in [0, 0.1) is 19.8 Å². The lowest BCUT2D eigenvalue weighted by molar-refractivity contribution is -0.138. The lowest BCUT2D eigenvalue weighted by Crippen LogP contribution is -2.43. The van der Waals surface area contributed by atoms with Gasteiger partial charge in [-0.05, 0) is 49.9 Å². The number of hydrogen-bond donors (Lipinski definition) is 0. The highest BCUT2D eigenvalue weighted by atomic mass is 16.5. The van der Waals surface area contributed by atoms with Crippen molar-refractivity contribution in [2.24, 2.45) is 5.92 Å². The van der Waals surface area contributed by atoms with Crippen LogP contribution < -0.4 is 4.74 Å². The van der Waals surface area contributed by atoms with E-state index in [1.165, 1.54) is 11.1 Å². The van der Waals surface area contributed by atoms with Crippen LogP contribution in [0.4, 0.5) is 0 Å². The van der Waals surface area contributed by atoms with E-state index >= 15 is 0 Å². The molecule has 0 radical (unpaired) electrons.